The highest BCUT2D eigenvalue weighted by molar-refractivity contribution is 5.73. The maximum Gasteiger partial charge on any atom is 0.303 e. The number of halogens is 1. The molecule has 0 radical (unpaired) electrons. The lowest BCUT2D eigenvalue weighted by Gasteiger charge is -2.26. The van der Waals surface area contributed by atoms with Gasteiger partial charge in [0.05, 0.1) is 30.6 Å². The van der Waals surface area contributed by atoms with Gasteiger partial charge in [0.2, 0.25) is 5.95 Å². The van der Waals surface area contributed by atoms with Crippen molar-refractivity contribution in [1.29, 1.82) is 5.26 Å². The number of aryl methyl sites for hydroxylation is 4. The zero-order valence-electron chi connectivity index (χ0n) is 26.2. The zero-order valence-corrected chi connectivity index (χ0v) is 26.2. The molecule has 0 saturated heterocycles. The van der Waals surface area contributed by atoms with E-state index in [1.807, 2.05) is 52.0 Å². The van der Waals surface area contributed by atoms with Gasteiger partial charge in [-0.25, -0.2) is 14.4 Å². The minimum absolute atomic E-state index is 0.0262. The molecule has 0 aliphatic rings. The Kier molecular flexibility index (Phi) is 10.3. The van der Waals surface area contributed by atoms with Gasteiger partial charge in [0.1, 0.15) is 5.82 Å². The number of hydrogen-bond donors (Lipinski definition) is 1. The van der Waals surface area contributed by atoms with Crippen molar-refractivity contribution in [2.24, 2.45) is 0 Å². The number of aromatic nitrogens is 2. The van der Waals surface area contributed by atoms with E-state index in [9.17, 15) is 14.4 Å². The molecule has 0 aliphatic heterocycles. The van der Waals surface area contributed by atoms with Gasteiger partial charge in [-0.1, -0.05) is 32.0 Å². The fraction of sp³-hybridized carbons (Fsp3) is 0.333. The average Bonchev–Trinajstić information content (AvgIpc) is 2.96. The molecule has 44 heavy (non-hydrogen) atoms. The number of rotatable bonds is 12. The van der Waals surface area contributed by atoms with E-state index in [-0.39, 0.29) is 24.8 Å². The Morgan fingerprint density at radius 2 is 1.66 bits per heavy atom. The van der Waals surface area contributed by atoms with Gasteiger partial charge in [0.15, 0.2) is 5.75 Å². The third-order valence-electron chi connectivity index (χ3n) is 7.68. The summed E-state index contributed by atoms with van der Waals surface area (Å²) >= 11 is 0. The molecule has 0 fully saturated rings. The number of ether oxygens (including phenoxy) is 1. The highest BCUT2D eigenvalue weighted by Crippen LogP contribution is 2.35. The van der Waals surface area contributed by atoms with E-state index >= 15 is 0 Å². The second kappa shape index (κ2) is 14.1. The number of carbonyl (C=O) groups is 1. The lowest BCUT2D eigenvalue weighted by Crippen LogP contribution is -2.25. The number of aliphatic carboxylic acids is 1. The van der Waals surface area contributed by atoms with Crippen molar-refractivity contribution in [1.82, 2.24) is 9.97 Å². The molecule has 3 aromatic carbocycles. The predicted molar refractivity (Wildman–Crippen MR) is 170 cm³/mol. The van der Waals surface area contributed by atoms with E-state index in [1.165, 1.54) is 0 Å². The van der Waals surface area contributed by atoms with Crippen molar-refractivity contribution in [3.8, 4) is 22.9 Å². The standard InChI is InChI=1S/C36H39FN4O3/c1-22(2)31-16-32(26(6)14-34(31)37)33-13-25(5)24(4)12-29(33)21-41(20-28-11-23(3)10-27(15-28)17-38)36-39-18-30(19-40-36)44-9-7-8-35(42)43/h10-16,18-19,22H,7-9,20-21H2,1-6H3,(H,42,43). The first kappa shape index (κ1) is 32.2. The Hall–Kier alpha value is -4.77. The highest BCUT2D eigenvalue weighted by Gasteiger charge is 2.19. The van der Waals surface area contributed by atoms with E-state index in [1.54, 1.807) is 18.5 Å². The molecular weight excluding hydrogens is 555 g/mol. The molecule has 228 valence electrons. The fourth-order valence-corrected chi connectivity index (χ4v) is 5.28. The van der Waals surface area contributed by atoms with Crippen molar-refractivity contribution in [2.75, 3.05) is 11.5 Å². The van der Waals surface area contributed by atoms with E-state index in [4.69, 9.17) is 9.84 Å². The number of hydrogen-bond acceptors (Lipinski definition) is 6. The number of carboxylic acids is 1. The summed E-state index contributed by atoms with van der Waals surface area (Å²) in [6.07, 6.45) is 3.59. The third-order valence-corrected chi connectivity index (χ3v) is 7.68. The van der Waals surface area contributed by atoms with Gasteiger partial charge < -0.3 is 14.7 Å². The summed E-state index contributed by atoms with van der Waals surface area (Å²) in [5, 5.41) is 18.5. The van der Waals surface area contributed by atoms with Crippen LogP contribution in [0.5, 0.6) is 5.75 Å². The van der Waals surface area contributed by atoms with Crippen LogP contribution in [0.3, 0.4) is 0 Å². The Morgan fingerprint density at radius 1 is 0.955 bits per heavy atom. The molecular formula is C36H39FN4O3. The molecule has 7 nitrogen and oxygen atoms in total. The first-order chi connectivity index (χ1) is 20.9. The van der Waals surface area contributed by atoms with Crippen LogP contribution in [0.2, 0.25) is 0 Å². The van der Waals surface area contributed by atoms with Crippen molar-refractivity contribution >= 4 is 11.9 Å². The number of carboxylic acid groups (broad SMARTS) is 1. The molecule has 0 amide bonds. The number of nitriles is 1. The van der Waals surface area contributed by atoms with Gasteiger partial charge >= 0.3 is 5.97 Å². The summed E-state index contributed by atoms with van der Waals surface area (Å²) in [6, 6.07) is 16.0. The molecule has 0 spiro atoms. The van der Waals surface area contributed by atoms with Crippen molar-refractivity contribution in [3.05, 3.63) is 105 Å². The molecule has 8 heteroatoms. The first-order valence-electron chi connectivity index (χ1n) is 14.8. The van der Waals surface area contributed by atoms with Crippen LogP contribution < -0.4 is 9.64 Å². The topological polar surface area (TPSA) is 99.3 Å². The molecule has 0 atom stereocenters. The average molecular weight is 595 g/mol. The molecule has 1 heterocycles. The molecule has 0 saturated carbocycles. The van der Waals surface area contributed by atoms with E-state index in [2.05, 4.69) is 46.9 Å². The normalized spacial score (nSPS) is 11.0. The van der Waals surface area contributed by atoms with Crippen LogP contribution in [0.25, 0.3) is 11.1 Å². The van der Waals surface area contributed by atoms with Crippen LogP contribution in [0.4, 0.5) is 10.3 Å². The monoisotopic (exact) mass is 594 g/mol. The Bertz CT molecular complexity index is 1690. The third kappa shape index (κ3) is 7.99. The Morgan fingerprint density at radius 3 is 2.32 bits per heavy atom. The first-order valence-corrected chi connectivity index (χ1v) is 14.8. The smallest absolute Gasteiger partial charge is 0.303 e. The van der Waals surface area contributed by atoms with Crippen LogP contribution in [0.15, 0.2) is 54.9 Å². The summed E-state index contributed by atoms with van der Waals surface area (Å²) in [4.78, 5) is 22.1. The molecule has 0 bridgehead atoms. The van der Waals surface area contributed by atoms with Gasteiger partial charge in [-0.15, -0.1) is 0 Å². The highest BCUT2D eigenvalue weighted by atomic mass is 19.1. The summed E-state index contributed by atoms with van der Waals surface area (Å²) in [5.74, 6) is -0.0925. The van der Waals surface area contributed by atoms with Gasteiger partial charge in [-0.05, 0) is 114 Å². The van der Waals surface area contributed by atoms with E-state index in [0.717, 1.165) is 44.5 Å². The summed E-state index contributed by atoms with van der Waals surface area (Å²) in [5.41, 5.74) is 9.40. The Labute approximate surface area is 259 Å². The van der Waals surface area contributed by atoms with E-state index < -0.39 is 5.97 Å². The van der Waals surface area contributed by atoms with Crippen LogP contribution in [0.1, 0.15) is 77.1 Å². The second-order valence-electron chi connectivity index (χ2n) is 11.7. The van der Waals surface area contributed by atoms with Crippen LogP contribution in [-0.2, 0) is 17.9 Å². The predicted octanol–water partition coefficient (Wildman–Crippen LogP) is 7.96. The summed E-state index contributed by atoms with van der Waals surface area (Å²) in [6.45, 7) is 13.2. The number of anilines is 1. The minimum atomic E-state index is -0.867. The van der Waals surface area contributed by atoms with Gasteiger partial charge in [0, 0.05) is 19.5 Å². The summed E-state index contributed by atoms with van der Waals surface area (Å²) in [7, 11) is 0. The van der Waals surface area contributed by atoms with Gasteiger partial charge in [-0.3, -0.25) is 4.79 Å². The molecule has 4 aromatic rings. The Balaban J connectivity index is 1.76. The van der Waals surface area contributed by atoms with Gasteiger partial charge in [0.25, 0.3) is 0 Å². The molecule has 0 unspecified atom stereocenters. The quantitative estimate of drug-likeness (QED) is 0.166. The lowest BCUT2D eigenvalue weighted by atomic mass is 9.89. The van der Waals surface area contributed by atoms with Crippen LogP contribution in [0, 0.1) is 44.8 Å². The second-order valence-corrected chi connectivity index (χ2v) is 11.7. The molecule has 0 aliphatic carbocycles. The molecule has 1 N–H and O–H groups in total. The van der Waals surface area contributed by atoms with Gasteiger partial charge in [-0.2, -0.15) is 5.26 Å². The van der Waals surface area contributed by atoms with Crippen molar-refractivity contribution in [2.45, 2.75) is 73.4 Å². The lowest BCUT2D eigenvalue weighted by molar-refractivity contribution is -0.137. The SMILES string of the molecule is Cc1cc(C#N)cc(CN(Cc2cc(C)c(C)cc2-c2cc(C(C)C)c(F)cc2C)c2ncc(OCCCC(=O)O)cn2)c1. The molecule has 1 aromatic heterocycles. The van der Waals surface area contributed by atoms with E-state index in [0.29, 0.717) is 42.3 Å². The maximum atomic E-state index is 14.9. The minimum Gasteiger partial charge on any atom is -0.490 e. The summed E-state index contributed by atoms with van der Waals surface area (Å²) < 4.78 is 20.6. The fourth-order valence-electron chi connectivity index (χ4n) is 5.28. The van der Waals surface area contributed by atoms with Crippen LogP contribution in [-0.4, -0.2) is 27.7 Å². The zero-order chi connectivity index (χ0) is 32.0. The number of benzene rings is 3. The van der Waals surface area contributed by atoms with Crippen molar-refractivity contribution < 1.29 is 19.0 Å². The van der Waals surface area contributed by atoms with Crippen molar-refractivity contribution in [3.63, 3.8) is 0 Å². The van der Waals surface area contributed by atoms with Crippen LogP contribution >= 0.6 is 0 Å². The largest absolute Gasteiger partial charge is 0.490 e. The maximum absolute atomic E-state index is 14.9. The molecule has 4 rings (SSSR count). The number of nitrogens with zero attached hydrogens (tertiary/aromatic N) is 4.